The van der Waals surface area contributed by atoms with Crippen molar-refractivity contribution in [2.45, 2.75) is 44.6 Å². The van der Waals surface area contributed by atoms with Crippen LogP contribution < -0.4 is 15.5 Å². The first-order chi connectivity index (χ1) is 14.9. The smallest absolute Gasteiger partial charge is 0.170 e. The van der Waals surface area contributed by atoms with Gasteiger partial charge in [0.25, 0.3) is 0 Å². The number of thiophene rings is 1. The highest BCUT2D eigenvalue weighted by Crippen LogP contribution is 2.42. The fraction of sp³-hybridized carbons (Fsp3) is 0.619. The Morgan fingerprint density at radius 1 is 1.03 bits per heavy atom. The molecule has 2 fully saturated rings. The van der Waals surface area contributed by atoms with Crippen LogP contribution >= 0.6 is 11.3 Å². The van der Waals surface area contributed by atoms with E-state index >= 15 is 0 Å². The van der Waals surface area contributed by atoms with Crippen LogP contribution in [-0.4, -0.2) is 65.8 Å². The summed E-state index contributed by atoms with van der Waals surface area (Å²) in [5.74, 6) is 2.04. The first-order valence-corrected chi connectivity index (χ1v) is 12.0. The van der Waals surface area contributed by atoms with Gasteiger partial charge in [-0.15, -0.1) is 21.5 Å². The summed E-state index contributed by atoms with van der Waals surface area (Å²) in [6.45, 7) is 5.48. The van der Waals surface area contributed by atoms with Crippen molar-refractivity contribution in [2.24, 2.45) is 0 Å². The lowest BCUT2D eigenvalue weighted by Gasteiger charge is -2.31. The molecule has 5 heterocycles. The van der Waals surface area contributed by atoms with Crippen LogP contribution in [0.5, 0.6) is 0 Å². The van der Waals surface area contributed by atoms with Crippen LogP contribution in [0.1, 0.15) is 36.8 Å². The van der Waals surface area contributed by atoms with E-state index in [4.69, 9.17) is 9.72 Å². The molecule has 6 rings (SSSR count). The fourth-order valence-corrected chi connectivity index (χ4v) is 6.14. The maximum Gasteiger partial charge on any atom is 0.170 e. The van der Waals surface area contributed by atoms with Crippen molar-refractivity contribution < 1.29 is 4.74 Å². The minimum atomic E-state index is 0.433. The van der Waals surface area contributed by atoms with Gasteiger partial charge in [-0.3, -0.25) is 0 Å². The Hall–Kier alpha value is -2.10. The molecule has 0 bridgehead atoms. The largest absolute Gasteiger partial charge is 0.378 e. The molecule has 0 saturated carbocycles. The second-order valence-electron chi connectivity index (χ2n) is 8.47. The molecular formula is C21H27N7OS. The molecule has 0 atom stereocenters. The molecule has 0 unspecified atom stereocenters. The molecule has 3 aromatic rings. The number of hydrogen-bond donors (Lipinski definition) is 2. The van der Waals surface area contributed by atoms with Gasteiger partial charge in [-0.05, 0) is 68.0 Å². The average molecular weight is 426 g/mol. The number of fused-ring (bicyclic) bond motifs is 5. The molecular weight excluding hydrogens is 398 g/mol. The normalized spacial score (nSPS) is 20.6. The Balaban J connectivity index is 1.49. The zero-order valence-corrected chi connectivity index (χ0v) is 17.9. The van der Waals surface area contributed by atoms with E-state index in [1.807, 2.05) is 0 Å². The molecule has 0 aromatic carbocycles. The molecule has 3 aliphatic rings. The van der Waals surface area contributed by atoms with E-state index in [1.54, 1.807) is 11.3 Å². The van der Waals surface area contributed by atoms with Gasteiger partial charge in [0.2, 0.25) is 0 Å². The van der Waals surface area contributed by atoms with E-state index in [0.717, 1.165) is 85.9 Å². The first kappa shape index (κ1) is 18.7. The molecule has 0 amide bonds. The highest BCUT2D eigenvalue weighted by molar-refractivity contribution is 7.26. The van der Waals surface area contributed by atoms with Gasteiger partial charge in [-0.25, -0.2) is 4.98 Å². The third-order valence-corrected chi connectivity index (χ3v) is 7.69. The minimum Gasteiger partial charge on any atom is -0.378 e. The maximum atomic E-state index is 5.58. The van der Waals surface area contributed by atoms with Crippen LogP contribution in [0.2, 0.25) is 0 Å². The van der Waals surface area contributed by atoms with E-state index in [-0.39, 0.29) is 0 Å². The van der Waals surface area contributed by atoms with E-state index < -0.39 is 0 Å². The molecule has 1 aliphatic carbocycles. The van der Waals surface area contributed by atoms with Gasteiger partial charge in [0.05, 0.1) is 13.2 Å². The predicted molar refractivity (Wildman–Crippen MR) is 120 cm³/mol. The predicted octanol–water partition coefficient (Wildman–Crippen LogP) is 2.51. The van der Waals surface area contributed by atoms with Gasteiger partial charge in [0, 0.05) is 24.5 Å². The lowest BCUT2D eigenvalue weighted by Crippen LogP contribution is -2.37. The molecule has 2 saturated heterocycles. The van der Waals surface area contributed by atoms with Crippen molar-refractivity contribution >= 4 is 43.4 Å². The van der Waals surface area contributed by atoms with Gasteiger partial charge in [0.15, 0.2) is 5.82 Å². The van der Waals surface area contributed by atoms with E-state index in [0.29, 0.717) is 6.04 Å². The number of morpholine rings is 1. The van der Waals surface area contributed by atoms with Gasteiger partial charge >= 0.3 is 0 Å². The lowest BCUT2D eigenvalue weighted by atomic mass is 9.90. The number of nitrogens with zero attached hydrogens (tertiary/aromatic N) is 5. The summed E-state index contributed by atoms with van der Waals surface area (Å²) in [4.78, 5) is 8.68. The number of nitrogens with one attached hydrogen (secondary N) is 2. The zero-order valence-electron chi connectivity index (χ0n) is 17.1. The molecule has 3 aromatic heterocycles. The van der Waals surface area contributed by atoms with E-state index in [1.165, 1.54) is 35.2 Å². The van der Waals surface area contributed by atoms with Gasteiger partial charge in [0.1, 0.15) is 20.9 Å². The van der Waals surface area contributed by atoms with E-state index in [2.05, 4.69) is 30.9 Å². The Morgan fingerprint density at radius 3 is 2.67 bits per heavy atom. The van der Waals surface area contributed by atoms with Crippen LogP contribution in [0, 0.1) is 0 Å². The number of anilines is 2. The maximum absolute atomic E-state index is 5.58. The number of piperidine rings is 1. The lowest BCUT2D eigenvalue weighted by molar-refractivity contribution is 0.122. The van der Waals surface area contributed by atoms with E-state index in [9.17, 15) is 0 Å². The Kier molecular flexibility index (Phi) is 4.89. The number of aromatic nitrogens is 4. The molecule has 2 aliphatic heterocycles. The second kappa shape index (κ2) is 7.86. The standard InChI is InChI=1S/C21H27N7OS/c1-2-4-15-14(3-1)16-17-18(19(26-27-25-17)23-13-5-7-22-8-6-13)30-21(16)24-20(15)28-9-11-29-12-10-28/h13,22H,1-12H2,(H,23,25,26). The molecule has 30 heavy (non-hydrogen) atoms. The summed E-state index contributed by atoms with van der Waals surface area (Å²) >= 11 is 1.72. The zero-order chi connectivity index (χ0) is 19.9. The summed E-state index contributed by atoms with van der Waals surface area (Å²) in [7, 11) is 0. The van der Waals surface area contributed by atoms with Crippen molar-refractivity contribution in [1.82, 2.24) is 25.7 Å². The van der Waals surface area contributed by atoms with Crippen LogP contribution in [-0.2, 0) is 17.6 Å². The number of hydrogen-bond acceptors (Lipinski definition) is 9. The van der Waals surface area contributed by atoms with Crippen LogP contribution in [0.15, 0.2) is 0 Å². The van der Waals surface area contributed by atoms with Crippen molar-refractivity contribution in [3.05, 3.63) is 11.1 Å². The summed E-state index contributed by atoms with van der Waals surface area (Å²) in [5, 5.41) is 21.3. The average Bonchev–Trinajstić information content (AvgIpc) is 3.20. The van der Waals surface area contributed by atoms with Crippen molar-refractivity contribution in [3.8, 4) is 0 Å². The number of pyridine rings is 1. The number of rotatable bonds is 3. The second-order valence-corrected chi connectivity index (χ2v) is 9.46. The molecule has 0 spiro atoms. The van der Waals surface area contributed by atoms with Crippen LogP contribution in [0.4, 0.5) is 11.6 Å². The fourth-order valence-electron chi connectivity index (χ4n) is 5.06. The summed E-state index contributed by atoms with van der Waals surface area (Å²) in [6, 6.07) is 0.433. The quantitative estimate of drug-likeness (QED) is 0.662. The Labute approximate surface area is 179 Å². The molecule has 9 heteroatoms. The number of aryl methyl sites for hydroxylation is 1. The molecule has 2 N–H and O–H groups in total. The van der Waals surface area contributed by atoms with Crippen molar-refractivity contribution in [3.63, 3.8) is 0 Å². The van der Waals surface area contributed by atoms with Crippen molar-refractivity contribution in [1.29, 1.82) is 0 Å². The first-order valence-electron chi connectivity index (χ1n) is 11.2. The third kappa shape index (κ3) is 3.19. The van der Waals surface area contributed by atoms with Gasteiger partial charge in [-0.1, -0.05) is 0 Å². The summed E-state index contributed by atoms with van der Waals surface area (Å²) in [5.41, 5.74) is 3.83. The highest BCUT2D eigenvalue weighted by atomic mass is 32.1. The Morgan fingerprint density at radius 2 is 1.83 bits per heavy atom. The van der Waals surface area contributed by atoms with Gasteiger partial charge < -0.3 is 20.3 Å². The molecule has 158 valence electrons. The SMILES string of the molecule is C1CCc2c(c(N3CCOCC3)nc3sc4c(NC5CCNCC5)nnnc4c23)C1. The monoisotopic (exact) mass is 425 g/mol. The minimum absolute atomic E-state index is 0.433. The van der Waals surface area contributed by atoms with Gasteiger partial charge in [-0.2, -0.15) is 0 Å². The highest BCUT2D eigenvalue weighted by Gasteiger charge is 2.27. The third-order valence-electron chi connectivity index (χ3n) is 6.61. The topological polar surface area (TPSA) is 88.1 Å². The van der Waals surface area contributed by atoms with Crippen molar-refractivity contribution in [2.75, 3.05) is 49.6 Å². The Bertz CT molecular complexity index is 1070. The number of ether oxygens (including phenoxy) is 1. The molecule has 8 nitrogen and oxygen atoms in total. The molecule has 0 radical (unpaired) electrons. The summed E-state index contributed by atoms with van der Waals surface area (Å²) in [6.07, 6.45) is 6.86. The van der Waals surface area contributed by atoms with Crippen LogP contribution in [0.3, 0.4) is 0 Å². The summed E-state index contributed by atoms with van der Waals surface area (Å²) < 4.78 is 6.68. The van der Waals surface area contributed by atoms with Crippen LogP contribution in [0.25, 0.3) is 20.4 Å².